The molecule has 4 aliphatic heterocycles. The molecular formula is C101H154N8O30. The Morgan fingerprint density at radius 1 is 0.281 bits per heavy atom. The highest BCUT2D eigenvalue weighted by Gasteiger charge is 2.40. The van der Waals surface area contributed by atoms with Gasteiger partial charge in [-0.2, -0.15) is 0 Å². The maximum atomic E-state index is 13.9. The molecule has 0 radical (unpaired) electrons. The molecule has 6 rings (SSSR count). The predicted octanol–water partition coefficient (Wildman–Crippen LogP) is 6.98. The van der Waals surface area contributed by atoms with Gasteiger partial charge in [-0.3, -0.25) is 48.4 Å². The number of hydrogen-bond donors (Lipinski definition) is 0. The van der Waals surface area contributed by atoms with Crippen LogP contribution in [0.2, 0.25) is 0 Å². The van der Waals surface area contributed by atoms with Gasteiger partial charge in [-0.05, 0) is 128 Å². The van der Waals surface area contributed by atoms with Crippen molar-refractivity contribution in [2.75, 3.05) is 312 Å². The van der Waals surface area contributed by atoms with E-state index in [-0.39, 0.29) is 207 Å². The van der Waals surface area contributed by atoms with E-state index < -0.39 is 57.7 Å². The van der Waals surface area contributed by atoms with Crippen molar-refractivity contribution in [3.63, 3.8) is 0 Å². The summed E-state index contributed by atoms with van der Waals surface area (Å²) in [5, 5.41) is 0. The number of piperazine rings is 4. The second kappa shape index (κ2) is 68.9. The van der Waals surface area contributed by atoms with Crippen molar-refractivity contribution in [3.05, 3.63) is 136 Å². The Kier molecular flexibility index (Phi) is 59.2. The van der Waals surface area contributed by atoms with Crippen LogP contribution in [0.3, 0.4) is 0 Å². The summed E-state index contributed by atoms with van der Waals surface area (Å²) in [4.78, 5) is 163. The fourth-order valence-electron chi connectivity index (χ4n) is 15.4. The minimum Gasteiger partial charge on any atom is -0.466 e. The molecule has 0 amide bonds. The van der Waals surface area contributed by atoms with E-state index >= 15 is 0 Å². The number of carbonyl (C=O) groups excluding carboxylic acids is 12. The van der Waals surface area contributed by atoms with Gasteiger partial charge in [0.15, 0.2) is 11.6 Å². The Balaban J connectivity index is 0.000000499. The second-order valence-electron chi connectivity index (χ2n) is 34.9. The summed E-state index contributed by atoms with van der Waals surface area (Å²) in [5.74, 6) is -4.50. The molecule has 4 fully saturated rings. The molecule has 0 spiro atoms. The Labute approximate surface area is 820 Å². The number of benzene rings is 2. The van der Waals surface area contributed by atoms with E-state index in [0.29, 0.717) is 64.5 Å². The zero-order valence-electron chi connectivity index (χ0n) is 83.0. The van der Waals surface area contributed by atoms with Crippen LogP contribution >= 0.6 is 0 Å². The maximum Gasteiger partial charge on any atom is 0.330 e. The number of anilines is 2. The molecule has 0 saturated carbocycles. The topological polar surface area (TPSA) is 397 Å². The van der Waals surface area contributed by atoms with Gasteiger partial charge in [0.25, 0.3) is 0 Å². The summed E-state index contributed by atoms with van der Waals surface area (Å²) >= 11 is 0. The van der Waals surface area contributed by atoms with Crippen LogP contribution in [0.5, 0.6) is 0 Å². The molecule has 38 heteroatoms. The average molecular weight is 1960 g/mol. The molecule has 778 valence electrons. The van der Waals surface area contributed by atoms with Crippen LogP contribution in [-0.4, -0.2) is 414 Å². The van der Waals surface area contributed by atoms with E-state index in [4.69, 9.17) is 85.3 Å². The van der Waals surface area contributed by atoms with Gasteiger partial charge in [0.2, 0.25) is 0 Å². The fraction of sp³-hybridized carbons (Fsp3) is 0.644. The van der Waals surface area contributed by atoms with Gasteiger partial charge >= 0.3 is 59.7 Å². The lowest BCUT2D eigenvalue weighted by Crippen LogP contribution is -2.58. The van der Waals surface area contributed by atoms with Gasteiger partial charge in [0.05, 0.1) is 154 Å². The van der Waals surface area contributed by atoms with Gasteiger partial charge in [0, 0.05) is 190 Å². The van der Waals surface area contributed by atoms with Gasteiger partial charge < -0.3 is 105 Å². The molecule has 2 aromatic carbocycles. The SMILES string of the molecule is C=CC(=O)OCCOCC(COCCOC(=O)C=C)(COCCOC(=O)C=C)COCCOC(=O)CCN1CCN(C(C)(C)C(=O)c2ccc(N3CCN(CCCC(=O)OCCCCCCOC(C)=O)CC3)cc2)CC1.C=CC(=O)OCCOCC(COCCOC(=O)C=C)(COCCOC(=O)C=C)COCCOC(=O)CCN1CCN(c2ccc(C(=O)C(C)(C)N3CCN(CCC)CC3)cc2)CC1. The number of esters is 10. The van der Waals surface area contributed by atoms with E-state index in [1.165, 1.54) is 6.92 Å². The molecule has 0 atom stereocenters. The second-order valence-corrected chi connectivity index (χ2v) is 34.9. The molecule has 4 aliphatic rings. The zero-order valence-corrected chi connectivity index (χ0v) is 83.0. The molecule has 0 unspecified atom stereocenters. The normalized spacial score (nSPS) is 14.9. The highest BCUT2D eigenvalue weighted by atomic mass is 16.6. The lowest BCUT2D eigenvalue weighted by molar-refractivity contribution is -0.151. The first-order valence-corrected chi connectivity index (χ1v) is 48.1. The molecule has 38 nitrogen and oxygen atoms in total. The molecule has 2 aromatic rings. The van der Waals surface area contributed by atoms with Crippen LogP contribution in [-0.2, 0) is 133 Å². The summed E-state index contributed by atoms with van der Waals surface area (Å²) in [7, 11) is 0. The van der Waals surface area contributed by atoms with Gasteiger partial charge in [-0.25, -0.2) is 28.8 Å². The van der Waals surface area contributed by atoms with E-state index in [1.54, 1.807) is 0 Å². The first kappa shape index (κ1) is 119. The molecular weight excluding hydrogens is 1810 g/mol. The minimum absolute atomic E-state index is 0.0154. The third-order valence-corrected chi connectivity index (χ3v) is 23.5. The Bertz CT molecular complexity index is 3890. The highest BCUT2D eigenvalue weighted by Crippen LogP contribution is 2.30. The number of unbranched alkanes of at least 4 members (excludes halogenated alkanes) is 3. The fourth-order valence-corrected chi connectivity index (χ4v) is 15.4. The van der Waals surface area contributed by atoms with E-state index in [9.17, 15) is 57.5 Å². The van der Waals surface area contributed by atoms with Crippen LogP contribution in [0.1, 0.15) is 120 Å². The summed E-state index contributed by atoms with van der Waals surface area (Å²) < 4.78 is 98.3. The summed E-state index contributed by atoms with van der Waals surface area (Å²) in [6, 6.07) is 15.8. The van der Waals surface area contributed by atoms with Gasteiger partial charge in [-0.15, -0.1) is 0 Å². The van der Waals surface area contributed by atoms with Crippen molar-refractivity contribution in [2.45, 2.75) is 110 Å². The van der Waals surface area contributed by atoms with Crippen molar-refractivity contribution < 1.29 is 143 Å². The number of ether oxygens (including phenoxy) is 18. The number of Topliss-reactive ketones (excluding diaryl/α,β-unsaturated/α-hetero) is 2. The van der Waals surface area contributed by atoms with Crippen LogP contribution in [0.4, 0.5) is 11.4 Å². The van der Waals surface area contributed by atoms with Crippen molar-refractivity contribution in [1.29, 1.82) is 0 Å². The molecule has 0 bridgehead atoms. The molecule has 0 aromatic heterocycles. The maximum absolute atomic E-state index is 13.9. The Morgan fingerprint density at radius 2 is 0.525 bits per heavy atom. The number of ketones is 2. The summed E-state index contributed by atoms with van der Waals surface area (Å²) in [6.07, 6.45) is 12.4. The number of carbonyl (C=O) groups is 12. The quantitative estimate of drug-likeness (QED) is 0.0212. The van der Waals surface area contributed by atoms with E-state index in [1.807, 2.05) is 76.2 Å². The number of nitrogens with zero attached hydrogens (tertiary/aromatic N) is 8. The summed E-state index contributed by atoms with van der Waals surface area (Å²) in [6.45, 7) is 49.4. The van der Waals surface area contributed by atoms with Crippen molar-refractivity contribution >= 4 is 82.6 Å². The lowest BCUT2D eigenvalue weighted by atomic mass is 9.90. The minimum atomic E-state index is -0.942. The van der Waals surface area contributed by atoms with Crippen LogP contribution in [0.25, 0.3) is 0 Å². The van der Waals surface area contributed by atoms with E-state index in [0.717, 1.165) is 184 Å². The Hall–Kier alpha value is -10.0. The largest absolute Gasteiger partial charge is 0.466 e. The van der Waals surface area contributed by atoms with E-state index in [2.05, 4.69) is 85.6 Å². The van der Waals surface area contributed by atoms with Crippen molar-refractivity contribution in [1.82, 2.24) is 29.4 Å². The molecule has 0 N–H and O–H groups in total. The van der Waals surface area contributed by atoms with Crippen LogP contribution in [0, 0.1) is 10.8 Å². The zero-order chi connectivity index (χ0) is 101. The van der Waals surface area contributed by atoms with Gasteiger partial charge in [0.1, 0.15) is 52.9 Å². The summed E-state index contributed by atoms with van der Waals surface area (Å²) in [5.41, 5.74) is 0.357. The molecule has 0 aliphatic carbocycles. The molecule has 139 heavy (non-hydrogen) atoms. The Morgan fingerprint density at radius 3 is 0.799 bits per heavy atom. The number of hydrogen-bond acceptors (Lipinski definition) is 38. The lowest BCUT2D eigenvalue weighted by Gasteiger charge is -2.43. The van der Waals surface area contributed by atoms with Crippen LogP contribution in [0.15, 0.2) is 124 Å². The van der Waals surface area contributed by atoms with Crippen LogP contribution < -0.4 is 9.80 Å². The smallest absolute Gasteiger partial charge is 0.330 e. The monoisotopic (exact) mass is 1960 g/mol. The predicted molar refractivity (Wildman–Crippen MR) is 518 cm³/mol. The first-order valence-electron chi connectivity index (χ1n) is 48.1. The molecule has 4 saturated heterocycles. The average Bonchev–Trinajstić information content (AvgIpc) is 0.798. The molecule has 4 heterocycles. The standard InChI is InChI=1S/C55H84N4O17.C46H70N4O13/c1-7-48(61)73-37-33-67-41-55(42-68-34-38-74-49(62)8-2,43-69-35-39-75-50(63)9-3)44-70-36-40-76-52(65)20-22-57-25-29-59(30-26-57)54(5,6)53(66)46-16-18-47(19-17-46)58-27-23-56(24-28-58)21-14-15-51(64)72-32-13-11-10-12-31-71-45(4)60;1-7-16-47-20-24-50(25-21-47)45(5,6)44(55)38-11-13-39(14-12-38)49-22-18-48(19-23-49)17-15-43(54)63-33-29-59-37-46(34-56-26-30-60-40(51)8-2,35-57-27-31-61-41(52)9-3)36-58-28-32-62-42(53)10-4/h7-9,16-19H,1-3,10-15,20-44H2,4-6H3;8-14H,2-4,7,15-37H2,1,5-6H3. The number of rotatable bonds is 73. The highest BCUT2D eigenvalue weighted by molar-refractivity contribution is 6.03. The van der Waals surface area contributed by atoms with Gasteiger partial charge in [-0.1, -0.05) is 46.4 Å². The van der Waals surface area contributed by atoms with Crippen molar-refractivity contribution in [2.24, 2.45) is 10.8 Å². The first-order chi connectivity index (χ1) is 67.0. The third kappa shape index (κ3) is 48.8. The van der Waals surface area contributed by atoms with Crippen molar-refractivity contribution in [3.8, 4) is 0 Å². The third-order valence-electron chi connectivity index (χ3n) is 23.5.